The Morgan fingerprint density at radius 1 is 1.33 bits per heavy atom. The fourth-order valence-electron chi connectivity index (χ4n) is 2.89. The lowest BCUT2D eigenvalue weighted by molar-refractivity contribution is -0.384. The third-order valence-corrected chi connectivity index (χ3v) is 4.13. The number of nitrogens with zero attached hydrogens (tertiary/aromatic N) is 4. The van der Waals surface area contributed by atoms with E-state index in [1.807, 2.05) is 20.8 Å². The van der Waals surface area contributed by atoms with Gasteiger partial charge in [0.05, 0.1) is 24.3 Å². The van der Waals surface area contributed by atoms with Crippen molar-refractivity contribution in [2.24, 2.45) is 0 Å². The highest BCUT2D eigenvalue weighted by molar-refractivity contribution is 5.68. The molecule has 0 fully saturated rings. The van der Waals surface area contributed by atoms with Crippen molar-refractivity contribution < 1.29 is 19.2 Å². The number of ether oxygens (including phenoxy) is 2. The van der Waals surface area contributed by atoms with Gasteiger partial charge in [0.15, 0.2) is 0 Å². The molecule has 0 aliphatic carbocycles. The molecular formula is C18H22N4O5. The molecule has 1 amide bonds. The van der Waals surface area contributed by atoms with Crippen molar-refractivity contribution in [3.8, 4) is 11.4 Å². The van der Waals surface area contributed by atoms with Crippen molar-refractivity contribution in [3.05, 3.63) is 45.8 Å². The van der Waals surface area contributed by atoms with Crippen LogP contribution in [0.15, 0.2) is 24.4 Å². The van der Waals surface area contributed by atoms with Gasteiger partial charge in [-0.25, -0.2) is 9.48 Å². The summed E-state index contributed by atoms with van der Waals surface area (Å²) >= 11 is 0. The second kappa shape index (κ2) is 6.90. The zero-order chi connectivity index (χ0) is 19.8. The molecule has 0 saturated heterocycles. The lowest BCUT2D eigenvalue weighted by atomic mass is 10.1. The molecule has 1 aromatic heterocycles. The van der Waals surface area contributed by atoms with Gasteiger partial charge in [-0.15, -0.1) is 0 Å². The van der Waals surface area contributed by atoms with Gasteiger partial charge in [-0.1, -0.05) is 0 Å². The summed E-state index contributed by atoms with van der Waals surface area (Å²) < 4.78 is 12.3. The number of carbonyl (C=O) groups excluding carboxylic acids is 1. The van der Waals surface area contributed by atoms with Gasteiger partial charge in [-0.05, 0) is 26.8 Å². The van der Waals surface area contributed by atoms with Crippen LogP contribution in [0.3, 0.4) is 0 Å². The van der Waals surface area contributed by atoms with Gasteiger partial charge >= 0.3 is 6.09 Å². The number of non-ortho nitro benzene ring substituents is 1. The number of hydrogen-bond acceptors (Lipinski definition) is 6. The number of aromatic nitrogens is 2. The number of nitro benzene ring substituents is 1. The summed E-state index contributed by atoms with van der Waals surface area (Å²) in [5.74, 6) is 0.476. The lowest BCUT2D eigenvalue weighted by Crippen LogP contribution is -2.39. The third-order valence-electron chi connectivity index (χ3n) is 4.13. The molecule has 0 atom stereocenters. The van der Waals surface area contributed by atoms with Crippen LogP contribution >= 0.6 is 0 Å². The van der Waals surface area contributed by atoms with Crippen LogP contribution in [-0.2, 0) is 17.7 Å². The second-order valence-corrected chi connectivity index (χ2v) is 7.31. The summed E-state index contributed by atoms with van der Waals surface area (Å²) in [6.07, 6.45) is 1.99. The zero-order valence-electron chi connectivity index (χ0n) is 15.8. The number of hydrogen-bond donors (Lipinski definition) is 0. The van der Waals surface area contributed by atoms with E-state index in [1.165, 1.54) is 19.2 Å². The number of nitro groups is 1. The minimum absolute atomic E-state index is 0.0466. The molecule has 2 heterocycles. The number of benzene rings is 1. The summed E-state index contributed by atoms with van der Waals surface area (Å²) in [5, 5.41) is 15.6. The largest absolute Gasteiger partial charge is 0.494 e. The Morgan fingerprint density at radius 2 is 2.07 bits per heavy atom. The first kappa shape index (κ1) is 18.7. The van der Waals surface area contributed by atoms with E-state index in [0.29, 0.717) is 30.9 Å². The maximum atomic E-state index is 12.3. The van der Waals surface area contributed by atoms with Crippen LogP contribution in [0.2, 0.25) is 0 Å². The molecule has 0 spiro atoms. The van der Waals surface area contributed by atoms with E-state index in [-0.39, 0.29) is 11.8 Å². The normalized spacial score (nSPS) is 13.9. The molecule has 0 unspecified atom stereocenters. The number of amides is 1. The highest BCUT2D eigenvalue weighted by Crippen LogP contribution is 2.29. The highest BCUT2D eigenvalue weighted by atomic mass is 16.6. The van der Waals surface area contributed by atoms with Crippen LogP contribution in [-0.4, -0.2) is 45.0 Å². The Bertz CT molecular complexity index is 884. The van der Waals surface area contributed by atoms with Crippen molar-refractivity contribution >= 4 is 11.8 Å². The molecule has 2 aromatic rings. The molecule has 9 nitrogen and oxygen atoms in total. The molecule has 0 radical (unpaired) electrons. The summed E-state index contributed by atoms with van der Waals surface area (Å²) in [4.78, 5) is 24.6. The van der Waals surface area contributed by atoms with E-state index in [9.17, 15) is 14.9 Å². The fourth-order valence-corrected chi connectivity index (χ4v) is 2.89. The van der Waals surface area contributed by atoms with Crippen LogP contribution < -0.4 is 4.74 Å². The van der Waals surface area contributed by atoms with E-state index in [0.717, 1.165) is 11.3 Å². The summed E-state index contributed by atoms with van der Waals surface area (Å²) in [7, 11) is 1.50. The SMILES string of the molecule is COc1ccc([N+](=O)[O-])cc1-n1cc2c(n1)CCN(C(=O)OC(C)(C)C)C2. The first-order valence-corrected chi connectivity index (χ1v) is 8.56. The average molecular weight is 374 g/mol. The van der Waals surface area contributed by atoms with Gasteiger partial charge in [0, 0.05) is 36.9 Å². The van der Waals surface area contributed by atoms with Crippen LogP contribution in [0.4, 0.5) is 10.5 Å². The molecule has 144 valence electrons. The number of rotatable bonds is 3. The zero-order valence-corrected chi connectivity index (χ0v) is 15.8. The molecule has 9 heteroatoms. The Labute approximate surface area is 156 Å². The summed E-state index contributed by atoms with van der Waals surface area (Å²) in [6.45, 7) is 6.36. The van der Waals surface area contributed by atoms with Crippen molar-refractivity contribution in [2.75, 3.05) is 13.7 Å². The first-order valence-electron chi connectivity index (χ1n) is 8.56. The van der Waals surface area contributed by atoms with Gasteiger partial charge in [0.1, 0.15) is 17.0 Å². The second-order valence-electron chi connectivity index (χ2n) is 7.31. The van der Waals surface area contributed by atoms with Crippen molar-refractivity contribution in [2.45, 2.75) is 39.3 Å². The minimum Gasteiger partial charge on any atom is -0.494 e. The average Bonchev–Trinajstić information content (AvgIpc) is 3.02. The molecule has 0 saturated carbocycles. The Balaban J connectivity index is 1.88. The van der Waals surface area contributed by atoms with E-state index in [4.69, 9.17) is 9.47 Å². The Morgan fingerprint density at radius 3 is 2.70 bits per heavy atom. The van der Waals surface area contributed by atoms with Gasteiger partial charge in [-0.3, -0.25) is 10.1 Å². The van der Waals surface area contributed by atoms with E-state index >= 15 is 0 Å². The minimum atomic E-state index is -0.558. The summed E-state index contributed by atoms with van der Waals surface area (Å²) in [6, 6.07) is 4.35. The van der Waals surface area contributed by atoms with Crippen LogP contribution in [0.5, 0.6) is 5.75 Å². The van der Waals surface area contributed by atoms with Gasteiger partial charge in [-0.2, -0.15) is 5.10 Å². The Kier molecular flexibility index (Phi) is 4.77. The lowest BCUT2D eigenvalue weighted by Gasteiger charge is -2.29. The third kappa shape index (κ3) is 4.02. The molecule has 3 rings (SSSR count). The number of methoxy groups -OCH3 is 1. The maximum Gasteiger partial charge on any atom is 0.410 e. The van der Waals surface area contributed by atoms with Crippen molar-refractivity contribution in [1.29, 1.82) is 0 Å². The monoisotopic (exact) mass is 374 g/mol. The van der Waals surface area contributed by atoms with Gasteiger partial charge < -0.3 is 14.4 Å². The van der Waals surface area contributed by atoms with Crippen LogP contribution in [0.1, 0.15) is 32.0 Å². The predicted octanol–water partition coefficient (Wildman–Crippen LogP) is 3.08. The van der Waals surface area contributed by atoms with E-state index in [2.05, 4.69) is 5.10 Å². The Hall–Kier alpha value is -3.10. The predicted molar refractivity (Wildman–Crippen MR) is 97.1 cm³/mol. The van der Waals surface area contributed by atoms with Crippen LogP contribution in [0, 0.1) is 10.1 Å². The topological polar surface area (TPSA) is 99.7 Å². The number of carbonyl (C=O) groups is 1. The van der Waals surface area contributed by atoms with Gasteiger partial charge in [0.2, 0.25) is 0 Å². The van der Waals surface area contributed by atoms with E-state index < -0.39 is 10.5 Å². The van der Waals surface area contributed by atoms with Crippen LogP contribution in [0.25, 0.3) is 5.69 Å². The first-order chi connectivity index (χ1) is 12.7. The van der Waals surface area contributed by atoms with E-state index in [1.54, 1.807) is 21.8 Å². The highest BCUT2D eigenvalue weighted by Gasteiger charge is 2.28. The smallest absolute Gasteiger partial charge is 0.410 e. The van der Waals surface area contributed by atoms with Crippen molar-refractivity contribution in [3.63, 3.8) is 0 Å². The molecule has 1 aliphatic rings. The molecule has 0 bridgehead atoms. The molecule has 1 aromatic carbocycles. The van der Waals surface area contributed by atoms with Gasteiger partial charge in [0.25, 0.3) is 5.69 Å². The van der Waals surface area contributed by atoms with Crippen molar-refractivity contribution in [1.82, 2.24) is 14.7 Å². The summed E-state index contributed by atoms with van der Waals surface area (Å²) in [5.41, 5.74) is 1.60. The quantitative estimate of drug-likeness (QED) is 0.605. The maximum absolute atomic E-state index is 12.3. The molecular weight excluding hydrogens is 352 g/mol. The molecule has 0 N–H and O–H groups in total. The number of fused-ring (bicyclic) bond motifs is 1. The standard InChI is InChI=1S/C18H22N4O5/c1-18(2,3)27-17(23)20-8-7-14-12(10-20)11-21(19-14)15-9-13(22(24)25)5-6-16(15)26-4/h5-6,9,11H,7-8,10H2,1-4H3. The fraction of sp³-hybridized carbons (Fsp3) is 0.444. The molecule has 27 heavy (non-hydrogen) atoms. The molecule has 1 aliphatic heterocycles.